The lowest BCUT2D eigenvalue weighted by Crippen LogP contribution is -2.60. The van der Waals surface area contributed by atoms with E-state index in [4.69, 9.17) is 14.2 Å². The highest BCUT2D eigenvalue weighted by Crippen LogP contribution is 2.70. The van der Waals surface area contributed by atoms with Gasteiger partial charge in [-0.15, -0.1) is 0 Å². The van der Waals surface area contributed by atoms with Gasteiger partial charge in [-0.3, -0.25) is 0 Å². The number of aromatic hydroxyl groups is 7. The zero-order valence-electron chi connectivity index (χ0n) is 32.6. The normalized spacial score (nSPS) is 28.1. The maximum absolute atomic E-state index is 12.4. The lowest BCUT2D eigenvalue weighted by Gasteiger charge is -2.39. The van der Waals surface area contributed by atoms with E-state index in [9.17, 15) is 56.2 Å². The molecular weight excluding hydrogens is 801 g/mol. The van der Waals surface area contributed by atoms with Crippen LogP contribution in [0.15, 0.2) is 109 Å². The Hall–Kier alpha value is -6.68. The number of hydrogen-bond donors (Lipinski definition) is 11. The second-order valence-electron chi connectivity index (χ2n) is 16.5. The number of rotatable bonds is 7. The fourth-order valence-corrected chi connectivity index (χ4v) is 10.4. The van der Waals surface area contributed by atoms with Gasteiger partial charge in [-0.25, -0.2) is 0 Å². The van der Waals surface area contributed by atoms with E-state index in [2.05, 4.69) is 0 Å². The molecule has 1 fully saturated rings. The predicted molar refractivity (Wildman–Crippen MR) is 219 cm³/mol. The van der Waals surface area contributed by atoms with E-state index in [0.717, 1.165) is 0 Å². The van der Waals surface area contributed by atoms with Gasteiger partial charge in [0.1, 0.15) is 82.3 Å². The second kappa shape index (κ2) is 14.8. The summed E-state index contributed by atoms with van der Waals surface area (Å²) >= 11 is 0. The van der Waals surface area contributed by atoms with E-state index >= 15 is 0 Å². The van der Waals surface area contributed by atoms with Gasteiger partial charge in [0, 0.05) is 58.6 Å². The Morgan fingerprint density at radius 1 is 0.468 bits per heavy atom. The van der Waals surface area contributed by atoms with E-state index in [1.165, 1.54) is 48.5 Å². The second-order valence-corrected chi connectivity index (χ2v) is 16.5. The molecule has 0 saturated carbocycles. The van der Waals surface area contributed by atoms with E-state index in [1.54, 1.807) is 60.7 Å². The molecule has 2 aliphatic carbocycles. The molecule has 0 aromatic heterocycles. The molecule has 2 aliphatic heterocycles. The lowest BCUT2D eigenvalue weighted by molar-refractivity contribution is -0.277. The van der Waals surface area contributed by atoms with Crippen molar-refractivity contribution in [2.45, 2.75) is 66.4 Å². The predicted octanol–water partition coefficient (Wildman–Crippen LogP) is 5.23. The van der Waals surface area contributed by atoms with Gasteiger partial charge in [0.2, 0.25) is 6.29 Å². The van der Waals surface area contributed by atoms with Crippen LogP contribution < -0.4 is 9.47 Å². The van der Waals surface area contributed by atoms with Gasteiger partial charge in [0.25, 0.3) is 0 Å². The number of phenolic OH excluding ortho intramolecular Hbond substituents is 7. The lowest BCUT2D eigenvalue weighted by atomic mass is 9.69. The summed E-state index contributed by atoms with van der Waals surface area (Å²) < 4.78 is 18.4. The highest BCUT2D eigenvalue weighted by atomic mass is 16.7. The third kappa shape index (κ3) is 6.21. The van der Waals surface area contributed by atoms with E-state index in [1.807, 2.05) is 0 Å². The molecule has 11 atom stereocenters. The molecule has 4 aliphatic rings. The summed E-state index contributed by atoms with van der Waals surface area (Å²) in [4.78, 5) is 0. The molecule has 1 saturated heterocycles. The summed E-state index contributed by atoms with van der Waals surface area (Å²) in [6.07, 6.45) is -8.73. The Morgan fingerprint density at radius 3 is 1.69 bits per heavy atom. The van der Waals surface area contributed by atoms with Gasteiger partial charge in [-0.05, 0) is 88.0 Å². The minimum Gasteiger partial charge on any atom is -0.508 e. The van der Waals surface area contributed by atoms with Crippen LogP contribution >= 0.6 is 0 Å². The van der Waals surface area contributed by atoms with Crippen LogP contribution in [0.4, 0.5) is 0 Å². The van der Waals surface area contributed by atoms with Crippen LogP contribution in [0.5, 0.6) is 51.7 Å². The van der Waals surface area contributed by atoms with Crippen molar-refractivity contribution in [1.82, 2.24) is 0 Å². The monoisotopic (exact) mass is 842 g/mol. The minimum absolute atomic E-state index is 0.00302. The van der Waals surface area contributed by atoms with Crippen LogP contribution in [0, 0.1) is 0 Å². The Labute approximate surface area is 353 Å². The van der Waals surface area contributed by atoms with Gasteiger partial charge in [0.05, 0.1) is 12.5 Å². The SMILES string of the molecule is OC[C@H]1O[C@@H](Oc2cc(O)cc([C@H]3c4c(O)cc5c6c4[C@@H]([C@H](c4ccc(O)cc4)c4c(O)cc(O)cc4[C@@H]6[C@@H](c4ccc(O)cc4)O5)[C@@H]3c3ccc(O)cc3)c2)[C@H](O)[C@@H](O)[C@@H]1O. The standard InChI is InChI=1S/C48H42O14/c49-19-34-44(57)45(58)46(59)48(62-34)60-29-14-23(13-27(53)15-29)37-35(20-1-7-24(50)8-2-20)42-36(21-3-9-25(51)10-4-21)38-30(16-28(54)17-31(38)55)39-41-33(18-32(56)40(37)43(41)42)61-47(39)22-5-11-26(52)12-6-22/h1-18,34-37,39,42,44-59H,19H2/t34-,35-,36-,37-,39+,42-,44-,45+,46-,47-,48-/m1/s1. The Morgan fingerprint density at radius 2 is 1.05 bits per heavy atom. The van der Waals surface area contributed by atoms with Crippen LogP contribution in [0.2, 0.25) is 0 Å². The first-order chi connectivity index (χ1) is 29.8. The first kappa shape index (κ1) is 39.5. The summed E-state index contributed by atoms with van der Waals surface area (Å²) in [7, 11) is 0. The molecule has 0 radical (unpaired) electrons. The topological polar surface area (TPSA) is 250 Å². The van der Waals surface area contributed by atoms with Gasteiger partial charge in [-0.2, -0.15) is 0 Å². The van der Waals surface area contributed by atoms with Crippen LogP contribution in [0.3, 0.4) is 0 Å². The van der Waals surface area contributed by atoms with E-state index < -0.39 is 73.0 Å². The Bertz CT molecular complexity index is 2680. The quantitative estimate of drug-likeness (QED) is 0.0986. The molecule has 6 aromatic rings. The van der Waals surface area contributed by atoms with Crippen molar-refractivity contribution in [2.24, 2.45) is 0 Å². The van der Waals surface area contributed by atoms with Crippen molar-refractivity contribution >= 4 is 0 Å². The number of aliphatic hydroxyl groups excluding tert-OH is 4. The first-order valence-corrected chi connectivity index (χ1v) is 20.1. The molecule has 14 nitrogen and oxygen atoms in total. The van der Waals surface area contributed by atoms with Gasteiger partial charge >= 0.3 is 0 Å². The average Bonchev–Trinajstić information content (AvgIpc) is 3.76. The summed E-state index contributed by atoms with van der Waals surface area (Å²) in [6, 6.07) is 28.5. The number of aliphatic hydroxyl groups is 4. The van der Waals surface area contributed by atoms with Crippen LogP contribution in [-0.4, -0.2) is 93.5 Å². The number of fused-ring (bicyclic) bond motifs is 2. The summed E-state index contributed by atoms with van der Waals surface area (Å²) in [5.41, 5.74) is 5.26. The van der Waals surface area contributed by atoms with Crippen molar-refractivity contribution in [2.75, 3.05) is 6.61 Å². The van der Waals surface area contributed by atoms with Crippen LogP contribution in [0.1, 0.15) is 85.8 Å². The average molecular weight is 843 g/mol. The molecule has 0 bridgehead atoms. The van der Waals surface area contributed by atoms with Crippen molar-refractivity contribution in [1.29, 1.82) is 0 Å². The van der Waals surface area contributed by atoms with E-state index in [0.29, 0.717) is 55.8 Å². The van der Waals surface area contributed by atoms with Crippen molar-refractivity contribution in [3.05, 3.63) is 159 Å². The van der Waals surface area contributed by atoms with Crippen molar-refractivity contribution < 1.29 is 70.4 Å². The molecular formula is C48H42O14. The molecule has 2 heterocycles. The largest absolute Gasteiger partial charge is 0.508 e. The number of hydrogen-bond acceptors (Lipinski definition) is 14. The molecule has 11 N–H and O–H groups in total. The summed E-state index contributed by atoms with van der Waals surface area (Å²) in [5.74, 6) is -4.07. The zero-order valence-corrected chi connectivity index (χ0v) is 32.6. The smallest absolute Gasteiger partial charge is 0.229 e. The number of phenols is 7. The third-order valence-electron chi connectivity index (χ3n) is 13.0. The molecule has 0 spiro atoms. The zero-order chi connectivity index (χ0) is 43.3. The van der Waals surface area contributed by atoms with Gasteiger partial charge in [-0.1, -0.05) is 36.4 Å². The third-order valence-corrected chi connectivity index (χ3v) is 13.0. The maximum Gasteiger partial charge on any atom is 0.229 e. The highest BCUT2D eigenvalue weighted by Gasteiger charge is 2.56. The molecule has 14 heteroatoms. The van der Waals surface area contributed by atoms with Gasteiger partial charge < -0.3 is 70.4 Å². The molecule has 62 heavy (non-hydrogen) atoms. The maximum atomic E-state index is 12.4. The molecule has 318 valence electrons. The molecule has 0 amide bonds. The summed E-state index contributed by atoms with van der Waals surface area (Å²) in [6.45, 7) is -0.687. The van der Waals surface area contributed by atoms with E-state index in [-0.39, 0.29) is 46.0 Å². The van der Waals surface area contributed by atoms with Crippen LogP contribution in [-0.2, 0) is 4.74 Å². The summed E-state index contributed by atoms with van der Waals surface area (Å²) in [5, 5.41) is 120. The highest BCUT2D eigenvalue weighted by molar-refractivity contribution is 5.72. The Balaban J connectivity index is 1.25. The molecule has 10 rings (SSSR count). The number of ether oxygens (including phenoxy) is 3. The molecule has 6 aromatic carbocycles. The first-order valence-electron chi connectivity index (χ1n) is 20.1. The van der Waals surface area contributed by atoms with Crippen LogP contribution in [0.25, 0.3) is 0 Å². The van der Waals surface area contributed by atoms with Crippen molar-refractivity contribution in [3.63, 3.8) is 0 Å². The minimum atomic E-state index is -1.75. The Kier molecular flexibility index (Phi) is 9.39. The number of benzene rings is 6. The van der Waals surface area contributed by atoms with Gasteiger partial charge in [0.15, 0.2) is 0 Å². The molecule has 0 unspecified atom stereocenters. The fraction of sp³-hybridized carbons (Fsp3) is 0.250. The van der Waals surface area contributed by atoms with Crippen molar-refractivity contribution in [3.8, 4) is 51.7 Å². The fourth-order valence-electron chi connectivity index (χ4n) is 10.4.